The van der Waals surface area contributed by atoms with Gasteiger partial charge in [-0.05, 0) is 43.0 Å². The maximum atomic E-state index is 11.8. The third-order valence-electron chi connectivity index (χ3n) is 3.57. The van der Waals surface area contributed by atoms with Gasteiger partial charge in [-0.2, -0.15) is 5.10 Å². The zero-order valence-corrected chi connectivity index (χ0v) is 13.9. The van der Waals surface area contributed by atoms with Gasteiger partial charge in [0.05, 0.1) is 6.20 Å². The summed E-state index contributed by atoms with van der Waals surface area (Å²) in [7, 11) is 1.87. The van der Waals surface area contributed by atoms with Gasteiger partial charge in [0, 0.05) is 42.1 Å². The Morgan fingerprint density at radius 1 is 1.21 bits per heavy atom. The molecule has 7 nitrogen and oxygen atoms in total. The number of amides is 2. The maximum absolute atomic E-state index is 11.8. The summed E-state index contributed by atoms with van der Waals surface area (Å²) in [6.07, 6.45) is 5.39. The second kappa shape index (κ2) is 6.19. The van der Waals surface area contributed by atoms with Crippen molar-refractivity contribution in [3.63, 3.8) is 0 Å². The van der Waals surface area contributed by atoms with Crippen LogP contribution >= 0.6 is 0 Å². The number of nitrogens with one attached hydrogen (secondary N) is 2. The van der Waals surface area contributed by atoms with Crippen LogP contribution < -0.4 is 16.4 Å². The van der Waals surface area contributed by atoms with E-state index >= 15 is 0 Å². The molecule has 0 aliphatic rings. The zero-order chi connectivity index (χ0) is 17.3. The lowest BCUT2D eigenvalue weighted by molar-refractivity contribution is 0.250. The third-order valence-corrected chi connectivity index (χ3v) is 3.57. The van der Waals surface area contributed by atoms with E-state index in [-0.39, 0.29) is 12.1 Å². The minimum atomic E-state index is -0.284. The molecule has 24 heavy (non-hydrogen) atoms. The molecule has 0 spiro atoms. The largest absolute Gasteiger partial charge is 0.398 e. The molecule has 0 atom stereocenters. The minimum Gasteiger partial charge on any atom is -0.398 e. The number of nitrogens with two attached hydrogens (primary N) is 1. The van der Waals surface area contributed by atoms with E-state index in [0.717, 1.165) is 21.9 Å². The molecule has 2 aromatic heterocycles. The van der Waals surface area contributed by atoms with Crippen LogP contribution in [0.5, 0.6) is 0 Å². The van der Waals surface area contributed by atoms with Crippen molar-refractivity contribution >= 4 is 28.3 Å². The average molecular weight is 324 g/mol. The lowest BCUT2D eigenvalue weighted by Gasteiger charge is -2.11. The zero-order valence-electron chi connectivity index (χ0n) is 13.9. The van der Waals surface area contributed by atoms with Crippen molar-refractivity contribution in [1.82, 2.24) is 20.1 Å². The second-order valence-electron chi connectivity index (χ2n) is 6.01. The van der Waals surface area contributed by atoms with Gasteiger partial charge in [0.2, 0.25) is 0 Å². The number of anilines is 2. The van der Waals surface area contributed by atoms with E-state index in [1.807, 2.05) is 45.3 Å². The predicted molar refractivity (Wildman–Crippen MR) is 95.6 cm³/mol. The number of aromatic nitrogens is 3. The number of rotatable bonds is 3. The van der Waals surface area contributed by atoms with E-state index in [1.54, 1.807) is 17.1 Å². The maximum Gasteiger partial charge on any atom is 0.320 e. The van der Waals surface area contributed by atoms with Crippen molar-refractivity contribution in [3.8, 4) is 11.1 Å². The molecule has 3 aromatic rings. The van der Waals surface area contributed by atoms with Crippen LogP contribution in [0.2, 0.25) is 0 Å². The summed E-state index contributed by atoms with van der Waals surface area (Å²) in [4.78, 5) is 16.1. The highest BCUT2D eigenvalue weighted by Crippen LogP contribution is 2.29. The highest BCUT2D eigenvalue weighted by Gasteiger charge is 2.09. The quantitative estimate of drug-likeness (QED) is 0.645. The molecule has 0 aliphatic heterocycles. The molecule has 0 fully saturated rings. The van der Waals surface area contributed by atoms with Crippen LogP contribution in [0, 0.1) is 0 Å². The topological polar surface area (TPSA) is 97.9 Å². The van der Waals surface area contributed by atoms with Crippen LogP contribution in [0.3, 0.4) is 0 Å². The fraction of sp³-hybridized carbons (Fsp3) is 0.235. The summed E-state index contributed by atoms with van der Waals surface area (Å²) < 4.78 is 1.74. The first kappa shape index (κ1) is 15.8. The average Bonchev–Trinajstić information content (AvgIpc) is 2.92. The first-order valence-electron chi connectivity index (χ1n) is 7.68. The molecular formula is C17H20N6O. The summed E-state index contributed by atoms with van der Waals surface area (Å²) in [6, 6.07) is 5.49. The smallest absolute Gasteiger partial charge is 0.320 e. The number of pyridine rings is 1. The molecule has 2 heterocycles. The summed E-state index contributed by atoms with van der Waals surface area (Å²) >= 11 is 0. The van der Waals surface area contributed by atoms with Gasteiger partial charge in [0.15, 0.2) is 0 Å². The Kier molecular flexibility index (Phi) is 4.07. The standard InChI is InChI=1S/C17H20N6O/c1-10(2)21-17(24)22-16-6-12-4-11(13-7-20-23(3)9-13)5-15(18)14(12)8-19-16/h4-10H,18H2,1-3H3,(H2,19,21,22,24). The number of hydrogen-bond donors (Lipinski definition) is 3. The van der Waals surface area contributed by atoms with E-state index in [4.69, 9.17) is 5.73 Å². The predicted octanol–water partition coefficient (Wildman–Crippen LogP) is 2.75. The summed E-state index contributed by atoms with van der Waals surface area (Å²) in [6.45, 7) is 3.79. The van der Waals surface area contributed by atoms with E-state index in [9.17, 15) is 4.79 Å². The Hall–Kier alpha value is -3.09. The van der Waals surface area contributed by atoms with E-state index < -0.39 is 0 Å². The number of nitrogens with zero attached hydrogens (tertiary/aromatic N) is 3. The van der Waals surface area contributed by atoms with Crippen molar-refractivity contribution in [1.29, 1.82) is 0 Å². The number of benzene rings is 1. The molecule has 124 valence electrons. The van der Waals surface area contributed by atoms with Crippen LogP contribution in [-0.4, -0.2) is 26.8 Å². The first-order valence-corrected chi connectivity index (χ1v) is 7.68. The molecule has 0 radical (unpaired) electrons. The number of nitrogen functional groups attached to an aromatic ring is 1. The molecule has 0 saturated carbocycles. The van der Waals surface area contributed by atoms with Crippen molar-refractivity contribution in [2.75, 3.05) is 11.1 Å². The lowest BCUT2D eigenvalue weighted by Crippen LogP contribution is -2.34. The highest BCUT2D eigenvalue weighted by atomic mass is 16.2. The number of aryl methyl sites for hydroxylation is 1. The fourth-order valence-electron chi connectivity index (χ4n) is 2.51. The molecule has 7 heteroatoms. The number of carbonyl (C=O) groups excluding carboxylic acids is 1. The second-order valence-corrected chi connectivity index (χ2v) is 6.01. The Labute approximate surface area is 139 Å². The Balaban J connectivity index is 1.97. The molecule has 0 saturated heterocycles. The van der Waals surface area contributed by atoms with Crippen molar-refractivity contribution in [2.24, 2.45) is 7.05 Å². The van der Waals surface area contributed by atoms with Gasteiger partial charge in [-0.15, -0.1) is 0 Å². The van der Waals surface area contributed by atoms with Gasteiger partial charge in [-0.25, -0.2) is 9.78 Å². The van der Waals surface area contributed by atoms with E-state index in [2.05, 4.69) is 20.7 Å². The minimum absolute atomic E-state index is 0.0540. The fourth-order valence-corrected chi connectivity index (χ4v) is 2.51. The van der Waals surface area contributed by atoms with Crippen LogP contribution in [0.1, 0.15) is 13.8 Å². The molecular weight excluding hydrogens is 304 g/mol. The van der Waals surface area contributed by atoms with E-state index in [0.29, 0.717) is 11.5 Å². The summed E-state index contributed by atoms with van der Waals surface area (Å²) in [5.74, 6) is 0.475. The lowest BCUT2D eigenvalue weighted by atomic mass is 10.0. The van der Waals surface area contributed by atoms with Gasteiger partial charge in [0.1, 0.15) is 5.82 Å². The molecule has 2 amide bonds. The summed E-state index contributed by atoms with van der Waals surface area (Å²) in [5.41, 5.74) is 8.74. The molecule has 1 aromatic carbocycles. The first-order chi connectivity index (χ1) is 11.4. The molecule has 0 aliphatic carbocycles. The highest BCUT2D eigenvalue weighted by molar-refractivity contribution is 5.98. The van der Waals surface area contributed by atoms with Crippen molar-refractivity contribution in [2.45, 2.75) is 19.9 Å². The molecule has 3 rings (SSSR count). The van der Waals surface area contributed by atoms with Gasteiger partial charge in [-0.1, -0.05) is 0 Å². The van der Waals surface area contributed by atoms with Crippen molar-refractivity contribution < 1.29 is 4.79 Å². The van der Waals surface area contributed by atoms with Gasteiger partial charge < -0.3 is 11.1 Å². The van der Waals surface area contributed by atoms with Crippen molar-refractivity contribution in [3.05, 3.63) is 36.8 Å². The Morgan fingerprint density at radius 2 is 2.00 bits per heavy atom. The Bertz CT molecular complexity index is 899. The van der Waals surface area contributed by atoms with Crippen LogP contribution in [0.25, 0.3) is 21.9 Å². The van der Waals surface area contributed by atoms with Gasteiger partial charge >= 0.3 is 6.03 Å². The van der Waals surface area contributed by atoms with Gasteiger partial charge in [-0.3, -0.25) is 10.00 Å². The number of fused-ring (bicyclic) bond motifs is 1. The van der Waals surface area contributed by atoms with Crippen LogP contribution in [-0.2, 0) is 7.05 Å². The van der Waals surface area contributed by atoms with Crippen LogP contribution in [0.4, 0.5) is 16.3 Å². The Morgan fingerprint density at radius 3 is 2.67 bits per heavy atom. The number of carbonyl (C=O) groups is 1. The molecule has 0 bridgehead atoms. The number of hydrogen-bond acceptors (Lipinski definition) is 4. The number of urea groups is 1. The molecule has 0 unspecified atom stereocenters. The van der Waals surface area contributed by atoms with E-state index in [1.165, 1.54) is 0 Å². The third kappa shape index (κ3) is 3.29. The molecule has 4 N–H and O–H groups in total. The van der Waals surface area contributed by atoms with Gasteiger partial charge in [0.25, 0.3) is 0 Å². The SMILES string of the molecule is CC(C)NC(=O)Nc1cc2cc(-c3cnn(C)c3)cc(N)c2cn1. The normalized spacial score (nSPS) is 11.0. The summed E-state index contributed by atoms with van der Waals surface area (Å²) in [5, 5.41) is 11.4. The van der Waals surface area contributed by atoms with Crippen LogP contribution in [0.15, 0.2) is 36.8 Å². The monoisotopic (exact) mass is 324 g/mol.